The van der Waals surface area contributed by atoms with Crippen molar-refractivity contribution >= 4 is 35.1 Å². The average molecular weight is 559 g/mol. The van der Waals surface area contributed by atoms with Crippen LogP contribution in [0.15, 0.2) is 49.6 Å². The third-order valence-electron chi connectivity index (χ3n) is 8.13. The molecule has 3 fully saturated rings. The van der Waals surface area contributed by atoms with Crippen LogP contribution < -0.4 is 4.90 Å². The molecule has 9 heteroatoms. The number of anilines is 1. The van der Waals surface area contributed by atoms with E-state index >= 15 is 0 Å². The van der Waals surface area contributed by atoms with Gasteiger partial charge in [0.15, 0.2) is 0 Å². The fourth-order valence-electron chi connectivity index (χ4n) is 6.39. The van der Waals surface area contributed by atoms with Crippen LogP contribution in [0.3, 0.4) is 0 Å². The van der Waals surface area contributed by atoms with Gasteiger partial charge in [-0.2, -0.15) is 0 Å². The van der Waals surface area contributed by atoms with E-state index in [2.05, 4.69) is 13.2 Å². The van der Waals surface area contributed by atoms with Gasteiger partial charge in [0.2, 0.25) is 5.91 Å². The van der Waals surface area contributed by atoms with Crippen LogP contribution in [0.1, 0.15) is 51.4 Å². The van der Waals surface area contributed by atoms with Gasteiger partial charge in [0.1, 0.15) is 11.6 Å². The lowest BCUT2D eigenvalue weighted by Gasteiger charge is -2.36. The van der Waals surface area contributed by atoms with Gasteiger partial charge >= 0.3 is 5.97 Å². The number of benzene rings is 1. The lowest BCUT2D eigenvalue weighted by Crippen LogP contribution is -2.56. The Morgan fingerprint density at radius 1 is 1.15 bits per heavy atom. The summed E-state index contributed by atoms with van der Waals surface area (Å²) in [6.45, 7) is 8.47. The van der Waals surface area contributed by atoms with Gasteiger partial charge in [0, 0.05) is 30.4 Å². The molecule has 2 amide bonds. The number of halogens is 1. The minimum atomic E-state index is -1.09. The SMILES string of the molecule is C=CCCCCOC(=O)[C@@H]1[C@H]2C(=O)N(CCCCCO)C(C(=O)N(CC=C)c3ccc(Cl)cc3)C23CC[C@H]1O3. The molecule has 8 nitrogen and oxygen atoms in total. The smallest absolute Gasteiger partial charge is 0.312 e. The highest BCUT2D eigenvalue weighted by molar-refractivity contribution is 6.30. The largest absolute Gasteiger partial charge is 0.465 e. The summed E-state index contributed by atoms with van der Waals surface area (Å²) in [4.78, 5) is 44.9. The molecular formula is C30H39ClN2O6. The second-order valence-corrected chi connectivity index (χ2v) is 11.0. The zero-order valence-electron chi connectivity index (χ0n) is 22.4. The van der Waals surface area contributed by atoms with Crippen molar-refractivity contribution in [3.8, 4) is 0 Å². The highest BCUT2D eigenvalue weighted by Crippen LogP contribution is 2.59. The number of amides is 2. The minimum absolute atomic E-state index is 0.0675. The van der Waals surface area contributed by atoms with Gasteiger partial charge in [-0.1, -0.05) is 23.8 Å². The van der Waals surface area contributed by atoms with Gasteiger partial charge in [-0.25, -0.2) is 0 Å². The number of carbonyl (C=O) groups excluding carboxylic acids is 3. The zero-order chi connectivity index (χ0) is 28.0. The number of nitrogens with zero attached hydrogens (tertiary/aromatic N) is 2. The number of rotatable bonds is 15. The monoisotopic (exact) mass is 558 g/mol. The maximum atomic E-state index is 14.3. The molecule has 0 aliphatic carbocycles. The normalized spacial score (nSPS) is 26.9. The molecular weight excluding hydrogens is 520 g/mol. The predicted octanol–water partition coefficient (Wildman–Crippen LogP) is 4.30. The minimum Gasteiger partial charge on any atom is -0.465 e. The van der Waals surface area contributed by atoms with E-state index in [1.54, 1.807) is 40.1 Å². The number of hydrogen-bond acceptors (Lipinski definition) is 6. The van der Waals surface area contributed by atoms with Crippen LogP contribution in [0.5, 0.6) is 0 Å². The number of unbranched alkanes of at least 4 members (excludes halogenated alkanes) is 4. The maximum Gasteiger partial charge on any atom is 0.312 e. The summed E-state index contributed by atoms with van der Waals surface area (Å²) >= 11 is 6.09. The van der Waals surface area contributed by atoms with Gasteiger partial charge in [-0.15, -0.1) is 13.2 Å². The second-order valence-electron chi connectivity index (χ2n) is 10.5. The Labute approximate surface area is 235 Å². The van der Waals surface area contributed by atoms with Gasteiger partial charge < -0.3 is 24.4 Å². The number of likely N-dealkylation sites (tertiary alicyclic amines) is 1. The Morgan fingerprint density at radius 3 is 2.62 bits per heavy atom. The van der Waals surface area contributed by atoms with Crippen LogP contribution in [0, 0.1) is 11.8 Å². The van der Waals surface area contributed by atoms with Gasteiger partial charge in [-0.3, -0.25) is 14.4 Å². The average Bonchev–Trinajstić information content (AvgIpc) is 3.57. The molecule has 1 spiro atoms. The number of hydrogen-bond donors (Lipinski definition) is 1. The van der Waals surface area contributed by atoms with Crippen molar-refractivity contribution in [2.24, 2.45) is 11.8 Å². The third-order valence-corrected chi connectivity index (χ3v) is 8.38. The summed E-state index contributed by atoms with van der Waals surface area (Å²) < 4.78 is 12.1. The highest BCUT2D eigenvalue weighted by Gasteiger charge is 2.75. The van der Waals surface area contributed by atoms with E-state index in [1.807, 2.05) is 6.08 Å². The number of carbonyl (C=O) groups is 3. The molecule has 0 aromatic heterocycles. The molecule has 1 N–H and O–H groups in total. The first kappa shape index (κ1) is 29.3. The summed E-state index contributed by atoms with van der Waals surface area (Å²) in [6, 6.07) is 6.08. The first-order chi connectivity index (χ1) is 18.9. The molecule has 0 radical (unpaired) electrons. The van der Waals surface area contributed by atoms with E-state index in [4.69, 9.17) is 21.1 Å². The van der Waals surface area contributed by atoms with Crippen LogP contribution in [-0.2, 0) is 23.9 Å². The number of aliphatic hydroxyl groups excluding tert-OH is 1. The molecule has 3 aliphatic heterocycles. The maximum absolute atomic E-state index is 14.3. The van der Waals surface area contributed by atoms with Crippen LogP contribution in [0.2, 0.25) is 5.02 Å². The zero-order valence-corrected chi connectivity index (χ0v) is 23.2. The standard InChI is InChI=1S/C30H39ClN2O6/c1-3-5-6-10-20-38-29(37)24-23-15-16-30(39-23)25(24)27(35)33(18-8-7-9-19-34)26(30)28(36)32(17-4-2)22-13-11-21(31)12-14-22/h3-4,11-14,23-26,34H,1-2,5-10,15-20H2/t23-,24+,25+,26?,30?/m1/s1. The number of ether oxygens (including phenoxy) is 2. The number of allylic oxidation sites excluding steroid dienone is 1. The van der Waals surface area contributed by atoms with Gasteiger partial charge in [0.05, 0.1) is 24.5 Å². The van der Waals surface area contributed by atoms with Crippen LogP contribution in [0.25, 0.3) is 0 Å². The highest BCUT2D eigenvalue weighted by atomic mass is 35.5. The second kappa shape index (κ2) is 13.1. The van der Waals surface area contributed by atoms with Gasteiger partial charge in [0.25, 0.3) is 5.91 Å². The summed E-state index contributed by atoms with van der Waals surface area (Å²) in [5, 5.41) is 9.77. The lowest BCUT2D eigenvalue weighted by atomic mass is 9.70. The van der Waals surface area contributed by atoms with Crippen molar-refractivity contribution in [3.05, 3.63) is 54.6 Å². The number of aliphatic hydroxyl groups is 1. The number of esters is 1. The van der Waals surface area contributed by atoms with Crippen LogP contribution in [-0.4, -0.2) is 71.8 Å². The number of fused-ring (bicyclic) bond motifs is 1. The van der Waals surface area contributed by atoms with Gasteiger partial charge in [-0.05, 0) is 75.6 Å². The van der Waals surface area contributed by atoms with E-state index in [1.165, 1.54) is 0 Å². The molecule has 4 rings (SSSR count). The van der Waals surface area contributed by atoms with Crippen molar-refractivity contribution in [1.29, 1.82) is 0 Å². The molecule has 3 heterocycles. The van der Waals surface area contributed by atoms with E-state index in [9.17, 15) is 19.5 Å². The fourth-order valence-corrected chi connectivity index (χ4v) is 6.52. The lowest BCUT2D eigenvalue weighted by molar-refractivity contribution is -0.155. The molecule has 212 valence electrons. The summed E-state index contributed by atoms with van der Waals surface area (Å²) in [7, 11) is 0. The Kier molecular flexibility index (Phi) is 9.86. The van der Waals surface area contributed by atoms with Crippen molar-refractivity contribution < 1.29 is 29.0 Å². The van der Waals surface area contributed by atoms with Crippen molar-refractivity contribution in [2.45, 2.75) is 69.1 Å². The third kappa shape index (κ3) is 5.79. The molecule has 1 aromatic rings. The molecule has 1 aromatic carbocycles. The van der Waals surface area contributed by atoms with Crippen molar-refractivity contribution in [3.63, 3.8) is 0 Å². The fraction of sp³-hybridized carbons (Fsp3) is 0.567. The summed E-state index contributed by atoms with van der Waals surface area (Å²) in [5.41, 5.74) is -0.450. The molecule has 5 atom stereocenters. The molecule has 0 saturated carbocycles. The van der Waals surface area contributed by atoms with E-state index < -0.39 is 35.6 Å². The van der Waals surface area contributed by atoms with E-state index in [0.29, 0.717) is 49.4 Å². The Balaban J connectivity index is 1.63. The summed E-state index contributed by atoms with van der Waals surface area (Å²) in [6.07, 6.45) is 8.52. The summed E-state index contributed by atoms with van der Waals surface area (Å²) in [5.74, 6) is -2.42. The molecule has 2 unspecified atom stereocenters. The topological polar surface area (TPSA) is 96.4 Å². The first-order valence-corrected chi connectivity index (χ1v) is 14.3. The molecule has 3 saturated heterocycles. The Hall–Kier alpha value is -2.68. The van der Waals surface area contributed by atoms with Crippen molar-refractivity contribution in [1.82, 2.24) is 4.90 Å². The Bertz CT molecular complexity index is 1060. The van der Waals surface area contributed by atoms with E-state index in [0.717, 1.165) is 19.3 Å². The molecule has 3 aliphatic rings. The quantitative estimate of drug-likeness (QED) is 0.196. The van der Waals surface area contributed by atoms with Crippen LogP contribution in [0.4, 0.5) is 5.69 Å². The van der Waals surface area contributed by atoms with Crippen molar-refractivity contribution in [2.75, 3.05) is 31.2 Å². The predicted molar refractivity (Wildman–Crippen MR) is 149 cm³/mol. The van der Waals surface area contributed by atoms with Crippen LogP contribution >= 0.6 is 11.6 Å². The first-order valence-electron chi connectivity index (χ1n) is 13.9. The molecule has 39 heavy (non-hydrogen) atoms. The molecule has 2 bridgehead atoms. The van der Waals surface area contributed by atoms with E-state index in [-0.39, 0.29) is 31.6 Å². The Morgan fingerprint density at radius 2 is 1.92 bits per heavy atom.